The average molecular weight is 376 g/mol. The Morgan fingerprint density at radius 3 is 2.74 bits per heavy atom. The number of aldehydes is 1. The molecule has 27 heavy (non-hydrogen) atoms. The molecule has 1 N–H and O–H groups in total. The lowest BCUT2D eigenvalue weighted by Gasteiger charge is -2.13. The van der Waals surface area contributed by atoms with Gasteiger partial charge in [0.25, 0.3) is 5.91 Å². The summed E-state index contributed by atoms with van der Waals surface area (Å²) in [5, 5.41) is 8.11. The molecule has 2 heterocycles. The highest BCUT2D eigenvalue weighted by atomic mass is 32.1. The molecule has 0 aliphatic carbocycles. The minimum absolute atomic E-state index is 0.333. The van der Waals surface area contributed by atoms with Crippen molar-refractivity contribution >= 4 is 34.4 Å². The molecular formula is C20H16N4O2S. The molecule has 7 heteroatoms. The molecule has 0 unspecified atom stereocenters. The number of nitrogens with zero attached hydrogens (tertiary/aromatic N) is 3. The second kappa shape index (κ2) is 7.51. The van der Waals surface area contributed by atoms with Crippen LogP contribution in [0.1, 0.15) is 15.2 Å². The normalized spacial score (nSPS) is 12.0. The topological polar surface area (TPSA) is 76.9 Å². The van der Waals surface area contributed by atoms with Crippen molar-refractivity contribution in [2.75, 3.05) is 0 Å². The molecule has 0 aliphatic heterocycles. The average Bonchev–Trinajstić information content (AvgIpc) is 3.34. The summed E-state index contributed by atoms with van der Waals surface area (Å²) in [5.74, 6) is 0.128. The molecule has 2 aromatic heterocycles. The number of amides is 1. The van der Waals surface area contributed by atoms with Crippen molar-refractivity contribution in [2.24, 2.45) is 0 Å². The molecule has 0 radical (unpaired) electrons. The SMILES string of the molecule is O=C[C@H](Cc1ccccc1)NC(=O)c1scnc1-n1ncc2ccccc21. The van der Waals surface area contributed by atoms with Crippen molar-refractivity contribution in [3.8, 4) is 5.82 Å². The number of nitrogens with one attached hydrogen (secondary N) is 1. The van der Waals surface area contributed by atoms with Gasteiger partial charge in [-0.15, -0.1) is 11.3 Å². The first-order chi connectivity index (χ1) is 13.3. The zero-order valence-corrected chi connectivity index (χ0v) is 15.1. The van der Waals surface area contributed by atoms with Gasteiger partial charge < -0.3 is 10.1 Å². The second-order valence-electron chi connectivity index (χ2n) is 6.03. The minimum Gasteiger partial charge on any atom is -0.341 e. The van der Waals surface area contributed by atoms with E-state index in [9.17, 15) is 9.59 Å². The van der Waals surface area contributed by atoms with E-state index in [2.05, 4.69) is 15.4 Å². The van der Waals surface area contributed by atoms with E-state index >= 15 is 0 Å². The highest BCUT2D eigenvalue weighted by Gasteiger charge is 2.21. The Morgan fingerprint density at radius 2 is 1.93 bits per heavy atom. The Morgan fingerprint density at radius 1 is 1.15 bits per heavy atom. The summed E-state index contributed by atoms with van der Waals surface area (Å²) in [6.45, 7) is 0. The Labute approximate surface area is 159 Å². The molecule has 0 aliphatic rings. The van der Waals surface area contributed by atoms with Crippen molar-refractivity contribution in [3.63, 3.8) is 0 Å². The zero-order chi connectivity index (χ0) is 18.6. The summed E-state index contributed by atoms with van der Waals surface area (Å²) in [7, 11) is 0. The van der Waals surface area contributed by atoms with Crippen LogP contribution in [0.4, 0.5) is 0 Å². The number of hydrogen-bond acceptors (Lipinski definition) is 5. The molecule has 6 nitrogen and oxygen atoms in total. The Balaban J connectivity index is 1.58. The smallest absolute Gasteiger partial charge is 0.265 e. The Hall–Kier alpha value is -3.32. The Bertz CT molecular complexity index is 1090. The molecule has 134 valence electrons. The first-order valence-electron chi connectivity index (χ1n) is 8.43. The van der Waals surface area contributed by atoms with Crippen LogP contribution in [-0.4, -0.2) is 33.0 Å². The van der Waals surface area contributed by atoms with Crippen LogP contribution in [0.5, 0.6) is 0 Å². The van der Waals surface area contributed by atoms with E-state index in [0.29, 0.717) is 17.1 Å². The largest absolute Gasteiger partial charge is 0.341 e. The molecule has 0 fully saturated rings. The fraction of sp³-hybridized carbons (Fsp3) is 0.100. The molecule has 0 saturated heterocycles. The lowest BCUT2D eigenvalue weighted by atomic mass is 10.1. The first-order valence-corrected chi connectivity index (χ1v) is 9.31. The number of carbonyl (C=O) groups is 2. The van der Waals surface area contributed by atoms with Gasteiger partial charge in [0.15, 0.2) is 5.82 Å². The zero-order valence-electron chi connectivity index (χ0n) is 14.3. The van der Waals surface area contributed by atoms with Crippen LogP contribution >= 0.6 is 11.3 Å². The van der Waals surface area contributed by atoms with E-state index in [1.807, 2.05) is 54.6 Å². The van der Waals surface area contributed by atoms with Crippen LogP contribution in [0.2, 0.25) is 0 Å². The lowest BCUT2D eigenvalue weighted by molar-refractivity contribution is -0.109. The van der Waals surface area contributed by atoms with Crippen molar-refractivity contribution in [3.05, 3.63) is 76.7 Å². The van der Waals surface area contributed by atoms with Crippen molar-refractivity contribution < 1.29 is 9.59 Å². The van der Waals surface area contributed by atoms with Gasteiger partial charge in [-0.2, -0.15) is 5.10 Å². The van der Waals surface area contributed by atoms with Gasteiger partial charge in [-0.1, -0.05) is 48.5 Å². The van der Waals surface area contributed by atoms with E-state index in [1.165, 1.54) is 11.3 Å². The summed E-state index contributed by atoms with van der Waals surface area (Å²) < 4.78 is 1.65. The lowest BCUT2D eigenvalue weighted by Crippen LogP contribution is -2.37. The first kappa shape index (κ1) is 17.1. The van der Waals surface area contributed by atoms with Crippen LogP contribution < -0.4 is 5.32 Å². The van der Waals surface area contributed by atoms with Gasteiger partial charge in [0.05, 0.1) is 23.3 Å². The number of benzene rings is 2. The molecule has 0 bridgehead atoms. The third-order valence-electron chi connectivity index (χ3n) is 4.21. The van der Waals surface area contributed by atoms with Crippen LogP contribution in [0, 0.1) is 0 Å². The van der Waals surface area contributed by atoms with Crippen LogP contribution in [-0.2, 0) is 11.2 Å². The van der Waals surface area contributed by atoms with Crippen molar-refractivity contribution in [1.82, 2.24) is 20.1 Å². The predicted octanol–water partition coefficient (Wildman–Crippen LogP) is 3.02. The molecule has 4 rings (SSSR count). The van der Waals surface area contributed by atoms with Crippen molar-refractivity contribution in [2.45, 2.75) is 12.5 Å². The van der Waals surface area contributed by atoms with Crippen LogP contribution in [0.15, 0.2) is 66.3 Å². The third-order valence-corrected chi connectivity index (χ3v) is 5.03. The van der Waals surface area contributed by atoms with E-state index in [-0.39, 0.29) is 5.91 Å². The fourth-order valence-corrected chi connectivity index (χ4v) is 3.59. The monoisotopic (exact) mass is 376 g/mol. The number of hydrogen-bond donors (Lipinski definition) is 1. The van der Waals surface area contributed by atoms with Gasteiger partial charge in [-0.25, -0.2) is 9.67 Å². The summed E-state index contributed by atoms with van der Waals surface area (Å²) in [6, 6.07) is 16.7. The van der Waals surface area contributed by atoms with Gasteiger partial charge in [0.1, 0.15) is 11.2 Å². The molecule has 1 atom stereocenters. The van der Waals surface area contributed by atoms with Crippen LogP contribution in [0.3, 0.4) is 0 Å². The summed E-state index contributed by atoms with van der Waals surface area (Å²) in [5.41, 5.74) is 3.46. The highest BCUT2D eigenvalue weighted by Crippen LogP contribution is 2.22. The standard InChI is InChI=1S/C20H16N4O2S/c25-12-16(10-14-6-2-1-3-7-14)23-20(26)18-19(21-13-27-18)24-17-9-5-4-8-15(17)11-22-24/h1-9,11-13,16H,10H2,(H,23,26)/t16-/m0/s1. The highest BCUT2D eigenvalue weighted by molar-refractivity contribution is 7.12. The number of carbonyl (C=O) groups excluding carboxylic acids is 2. The summed E-state index contributed by atoms with van der Waals surface area (Å²) >= 11 is 1.22. The van der Waals surface area contributed by atoms with E-state index in [1.54, 1.807) is 16.4 Å². The van der Waals surface area contributed by atoms with E-state index in [4.69, 9.17) is 0 Å². The fourth-order valence-electron chi connectivity index (χ4n) is 2.92. The van der Waals surface area contributed by atoms with Gasteiger partial charge in [0.2, 0.25) is 0 Å². The Kier molecular flexibility index (Phi) is 4.76. The maximum absolute atomic E-state index is 12.8. The maximum atomic E-state index is 12.8. The van der Waals surface area contributed by atoms with Gasteiger partial charge in [0, 0.05) is 5.39 Å². The molecule has 2 aromatic carbocycles. The number of para-hydroxylation sites is 1. The maximum Gasteiger partial charge on any atom is 0.265 e. The van der Waals surface area contributed by atoms with Crippen molar-refractivity contribution in [1.29, 1.82) is 0 Å². The third kappa shape index (κ3) is 3.50. The summed E-state index contributed by atoms with van der Waals surface area (Å²) in [4.78, 5) is 29.0. The second-order valence-corrected chi connectivity index (χ2v) is 6.88. The number of fused-ring (bicyclic) bond motifs is 1. The van der Waals surface area contributed by atoms with E-state index < -0.39 is 6.04 Å². The van der Waals surface area contributed by atoms with Gasteiger partial charge in [-0.3, -0.25) is 4.79 Å². The minimum atomic E-state index is -0.607. The number of aromatic nitrogens is 3. The molecule has 1 amide bonds. The molecule has 4 aromatic rings. The predicted molar refractivity (Wildman–Crippen MR) is 104 cm³/mol. The van der Waals surface area contributed by atoms with E-state index in [0.717, 1.165) is 22.8 Å². The quantitative estimate of drug-likeness (QED) is 0.525. The van der Waals surface area contributed by atoms with Gasteiger partial charge in [-0.05, 0) is 18.1 Å². The number of thiazole rings is 1. The van der Waals surface area contributed by atoms with Gasteiger partial charge >= 0.3 is 0 Å². The molecule has 0 spiro atoms. The van der Waals surface area contributed by atoms with Crippen LogP contribution in [0.25, 0.3) is 16.7 Å². The number of rotatable bonds is 6. The molecular weight excluding hydrogens is 360 g/mol. The summed E-state index contributed by atoms with van der Waals surface area (Å²) in [6.07, 6.45) is 2.93. The molecule has 0 saturated carbocycles.